The summed E-state index contributed by atoms with van der Waals surface area (Å²) in [6.07, 6.45) is 4.01. The SMILES string of the molecule is CC(C)(C)C(=O)NCc1cccc(CN2CCCCC2)c1. The first-order valence-electron chi connectivity index (χ1n) is 8.03. The Balaban J connectivity index is 1.89. The molecule has 1 aliphatic rings. The number of amides is 1. The van der Waals surface area contributed by atoms with Crippen molar-refractivity contribution in [3.63, 3.8) is 0 Å². The van der Waals surface area contributed by atoms with Gasteiger partial charge in [0.2, 0.25) is 5.91 Å². The minimum Gasteiger partial charge on any atom is -0.352 e. The van der Waals surface area contributed by atoms with E-state index in [1.165, 1.54) is 43.5 Å². The average molecular weight is 288 g/mol. The van der Waals surface area contributed by atoms with Gasteiger partial charge in [-0.05, 0) is 37.1 Å². The first kappa shape index (κ1) is 16.0. The Bertz CT molecular complexity index is 470. The highest BCUT2D eigenvalue weighted by molar-refractivity contribution is 5.81. The Morgan fingerprint density at radius 3 is 2.48 bits per heavy atom. The van der Waals surface area contributed by atoms with Gasteiger partial charge in [0.15, 0.2) is 0 Å². The molecule has 0 aliphatic carbocycles. The van der Waals surface area contributed by atoms with Crippen LogP contribution in [0.15, 0.2) is 24.3 Å². The minimum atomic E-state index is -0.328. The molecule has 3 heteroatoms. The third kappa shape index (κ3) is 5.16. The van der Waals surface area contributed by atoms with E-state index < -0.39 is 0 Å². The molecule has 3 nitrogen and oxygen atoms in total. The van der Waals surface area contributed by atoms with Crippen molar-refractivity contribution in [3.8, 4) is 0 Å². The summed E-state index contributed by atoms with van der Waals surface area (Å²) in [4.78, 5) is 14.4. The second-order valence-electron chi connectivity index (χ2n) is 7.09. The largest absolute Gasteiger partial charge is 0.352 e. The number of rotatable bonds is 4. The lowest BCUT2D eigenvalue weighted by Crippen LogP contribution is -2.34. The average Bonchev–Trinajstić information content (AvgIpc) is 2.45. The molecule has 1 saturated heterocycles. The number of nitrogens with zero attached hydrogens (tertiary/aromatic N) is 1. The fourth-order valence-electron chi connectivity index (χ4n) is 2.66. The molecule has 0 aromatic heterocycles. The molecule has 0 atom stereocenters. The minimum absolute atomic E-state index is 0.101. The summed E-state index contributed by atoms with van der Waals surface area (Å²) < 4.78 is 0. The van der Waals surface area contributed by atoms with E-state index >= 15 is 0 Å². The third-order valence-corrected chi connectivity index (χ3v) is 3.98. The van der Waals surface area contributed by atoms with Gasteiger partial charge in [-0.25, -0.2) is 0 Å². The van der Waals surface area contributed by atoms with Crippen molar-refractivity contribution >= 4 is 5.91 Å². The Hall–Kier alpha value is -1.35. The Kier molecular flexibility index (Phi) is 5.40. The van der Waals surface area contributed by atoms with Crippen LogP contribution in [0.2, 0.25) is 0 Å². The maximum absolute atomic E-state index is 11.9. The summed E-state index contributed by atoms with van der Waals surface area (Å²) >= 11 is 0. The van der Waals surface area contributed by atoms with Gasteiger partial charge in [-0.15, -0.1) is 0 Å². The number of nitrogens with one attached hydrogen (secondary N) is 1. The molecule has 0 saturated carbocycles. The number of hydrogen-bond donors (Lipinski definition) is 1. The smallest absolute Gasteiger partial charge is 0.225 e. The van der Waals surface area contributed by atoms with Crippen LogP contribution < -0.4 is 5.32 Å². The number of hydrogen-bond acceptors (Lipinski definition) is 2. The van der Waals surface area contributed by atoms with Crippen LogP contribution in [0.3, 0.4) is 0 Å². The molecule has 1 aliphatic heterocycles. The van der Waals surface area contributed by atoms with Crippen molar-refractivity contribution in [2.45, 2.75) is 53.1 Å². The Morgan fingerprint density at radius 2 is 1.81 bits per heavy atom. The van der Waals surface area contributed by atoms with E-state index in [2.05, 4.69) is 34.5 Å². The first-order valence-corrected chi connectivity index (χ1v) is 8.03. The Morgan fingerprint density at radius 1 is 1.14 bits per heavy atom. The molecule has 1 heterocycles. The van der Waals surface area contributed by atoms with Crippen molar-refractivity contribution in [2.24, 2.45) is 5.41 Å². The van der Waals surface area contributed by atoms with Crippen molar-refractivity contribution in [1.82, 2.24) is 10.2 Å². The number of carbonyl (C=O) groups is 1. The zero-order valence-corrected chi connectivity index (χ0v) is 13.6. The van der Waals surface area contributed by atoms with Crippen LogP contribution in [0, 0.1) is 5.41 Å². The molecule has 116 valence electrons. The number of piperidine rings is 1. The van der Waals surface area contributed by atoms with Crippen LogP contribution in [-0.4, -0.2) is 23.9 Å². The molecule has 21 heavy (non-hydrogen) atoms. The fourth-order valence-corrected chi connectivity index (χ4v) is 2.66. The summed E-state index contributed by atoms with van der Waals surface area (Å²) in [5.41, 5.74) is 2.20. The third-order valence-electron chi connectivity index (χ3n) is 3.98. The summed E-state index contributed by atoms with van der Waals surface area (Å²) in [7, 11) is 0. The second kappa shape index (κ2) is 7.08. The number of benzene rings is 1. The van der Waals surface area contributed by atoms with Gasteiger partial charge in [0, 0.05) is 18.5 Å². The zero-order valence-electron chi connectivity index (χ0n) is 13.6. The first-order chi connectivity index (χ1) is 9.95. The summed E-state index contributed by atoms with van der Waals surface area (Å²) in [5, 5.41) is 3.02. The zero-order chi connectivity index (χ0) is 15.3. The molecule has 0 unspecified atom stereocenters. The molecule has 0 spiro atoms. The molecule has 0 radical (unpaired) electrons. The number of carbonyl (C=O) groups excluding carboxylic acids is 1. The maximum atomic E-state index is 11.9. The topological polar surface area (TPSA) is 32.3 Å². The molecule has 2 rings (SSSR count). The summed E-state index contributed by atoms with van der Waals surface area (Å²) in [6.45, 7) is 9.89. The van der Waals surface area contributed by atoms with Gasteiger partial charge in [0.05, 0.1) is 0 Å². The molecular formula is C18H28N2O. The van der Waals surface area contributed by atoms with Crippen LogP contribution >= 0.6 is 0 Å². The van der Waals surface area contributed by atoms with Crippen molar-refractivity contribution in [3.05, 3.63) is 35.4 Å². The highest BCUT2D eigenvalue weighted by Gasteiger charge is 2.20. The van der Waals surface area contributed by atoms with E-state index in [1.54, 1.807) is 0 Å². The van der Waals surface area contributed by atoms with Crippen molar-refractivity contribution in [1.29, 1.82) is 0 Å². The van der Waals surface area contributed by atoms with Crippen molar-refractivity contribution < 1.29 is 4.79 Å². The van der Waals surface area contributed by atoms with E-state index in [4.69, 9.17) is 0 Å². The molecule has 1 amide bonds. The van der Waals surface area contributed by atoms with Crippen LogP contribution in [0.5, 0.6) is 0 Å². The molecule has 1 fully saturated rings. The van der Waals surface area contributed by atoms with Gasteiger partial charge < -0.3 is 5.32 Å². The molecule has 1 aromatic rings. The van der Waals surface area contributed by atoms with E-state index in [-0.39, 0.29) is 11.3 Å². The van der Waals surface area contributed by atoms with Gasteiger partial charge in [-0.2, -0.15) is 0 Å². The van der Waals surface area contributed by atoms with Crippen LogP contribution in [0.4, 0.5) is 0 Å². The lowest BCUT2D eigenvalue weighted by molar-refractivity contribution is -0.128. The normalized spacial score (nSPS) is 16.7. The van der Waals surface area contributed by atoms with Gasteiger partial charge in [0.1, 0.15) is 0 Å². The predicted molar refractivity (Wildman–Crippen MR) is 86.9 cm³/mol. The highest BCUT2D eigenvalue weighted by Crippen LogP contribution is 2.15. The summed E-state index contributed by atoms with van der Waals surface area (Å²) in [6, 6.07) is 8.59. The molecule has 0 bridgehead atoms. The Labute approximate surface area is 128 Å². The number of likely N-dealkylation sites (tertiary alicyclic amines) is 1. The lowest BCUT2D eigenvalue weighted by atomic mass is 9.95. The van der Waals surface area contributed by atoms with Gasteiger partial charge in [0.25, 0.3) is 0 Å². The second-order valence-corrected chi connectivity index (χ2v) is 7.09. The van der Waals surface area contributed by atoms with E-state index in [1.807, 2.05) is 20.8 Å². The van der Waals surface area contributed by atoms with E-state index in [9.17, 15) is 4.79 Å². The highest BCUT2D eigenvalue weighted by atomic mass is 16.2. The molecule has 1 aromatic carbocycles. The summed E-state index contributed by atoms with van der Waals surface area (Å²) in [5.74, 6) is 0.101. The van der Waals surface area contributed by atoms with Crippen LogP contribution in [-0.2, 0) is 17.9 Å². The molecular weight excluding hydrogens is 260 g/mol. The van der Waals surface area contributed by atoms with Gasteiger partial charge >= 0.3 is 0 Å². The fraction of sp³-hybridized carbons (Fsp3) is 0.611. The van der Waals surface area contributed by atoms with Gasteiger partial charge in [-0.3, -0.25) is 9.69 Å². The van der Waals surface area contributed by atoms with E-state index in [0.29, 0.717) is 6.54 Å². The quantitative estimate of drug-likeness (QED) is 0.921. The van der Waals surface area contributed by atoms with Crippen LogP contribution in [0.25, 0.3) is 0 Å². The standard InChI is InChI=1S/C18H28N2O/c1-18(2,3)17(21)19-13-15-8-7-9-16(12-15)14-20-10-5-4-6-11-20/h7-9,12H,4-6,10-11,13-14H2,1-3H3,(H,19,21). The molecule has 1 N–H and O–H groups in total. The van der Waals surface area contributed by atoms with Crippen molar-refractivity contribution in [2.75, 3.05) is 13.1 Å². The lowest BCUT2D eigenvalue weighted by Gasteiger charge is -2.26. The monoisotopic (exact) mass is 288 g/mol. The predicted octanol–water partition coefficient (Wildman–Crippen LogP) is 3.33. The maximum Gasteiger partial charge on any atom is 0.225 e. The van der Waals surface area contributed by atoms with Gasteiger partial charge in [-0.1, -0.05) is 51.5 Å². The van der Waals surface area contributed by atoms with E-state index in [0.717, 1.165) is 6.54 Å². The van der Waals surface area contributed by atoms with Crippen LogP contribution in [0.1, 0.15) is 51.2 Å².